The first-order valence-electron chi connectivity index (χ1n) is 6.06. The standard InChI is InChI=1S/C14H16N2S/c1-9-4-5-10-8-12-14(11(10)7-9)16-13(17-12)3-2-6-15/h4-5,7H,2-3,6,8,15H2,1H3. The number of benzene rings is 1. The average molecular weight is 244 g/mol. The van der Waals surface area contributed by atoms with Crippen LogP contribution in [0.1, 0.15) is 27.4 Å². The molecule has 3 heteroatoms. The van der Waals surface area contributed by atoms with Crippen LogP contribution in [-0.4, -0.2) is 11.5 Å². The average Bonchev–Trinajstić information content (AvgIpc) is 2.84. The summed E-state index contributed by atoms with van der Waals surface area (Å²) in [4.78, 5) is 6.20. The van der Waals surface area contributed by atoms with Crippen molar-refractivity contribution in [2.75, 3.05) is 6.54 Å². The number of aryl methyl sites for hydroxylation is 2. The molecule has 88 valence electrons. The molecule has 0 aliphatic heterocycles. The molecule has 0 spiro atoms. The molecule has 0 unspecified atom stereocenters. The molecule has 0 bridgehead atoms. The maximum Gasteiger partial charge on any atom is 0.0936 e. The van der Waals surface area contributed by atoms with Crippen molar-refractivity contribution in [3.05, 3.63) is 39.2 Å². The minimum Gasteiger partial charge on any atom is -0.330 e. The Bertz CT molecular complexity index is 557. The SMILES string of the molecule is Cc1ccc2c(c1)-c1nc(CCCN)sc1C2. The summed E-state index contributed by atoms with van der Waals surface area (Å²) in [5, 5.41) is 1.24. The number of rotatable bonds is 3. The lowest BCUT2D eigenvalue weighted by atomic mass is 10.1. The van der Waals surface area contributed by atoms with Crippen molar-refractivity contribution in [3.63, 3.8) is 0 Å². The Balaban J connectivity index is 1.97. The Kier molecular flexibility index (Phi) is 2.73. The maximum absolute atomic E-state index is 5.54. The van der Waals surface area contributed by atoms with Gasteiger partial charge in [-0.15, -0.1) is 11.3 Å². The fraction of sp³-hybridized carbons (Fsp3) is 0.357. The number of fused-ring (bicyclic) bond motifs is 3. The van der Waals surface area contributed by atoms with Crippen molar-refractivity contribution in [1.29, 1.82) is 0 Å². The van der Waals surface area contributed by atoms with E-state index in [-0.39, 0.29) is 0 Å². The van der Waals surface area contributed by atoms with Gasteiger partial charge in [0, 0.05) is 23.3 Å². The van der Waals surface area contributed by atoms with Crippen LogP contribution in [0.5, 0.6) is 0 Å². The van der Waals surface area contributed by atoms with Crippen molar-refractivity contribution in [2.24, 2.45) is 5.73 Å². The fourth-order valence-electron chi connectivity index (χ4n) is 2.33. The van der Waals surface area contributed by atoms with Gasteiger partial charge in [0.25, 0.3) is 0 Å². The molecule has 0 atom stereocenters. The topological polar surface area (TPSA) is 38.9 Å². The second-order valence-electron chi connectivity index (χ2n) is 4.61. The molecule has 0 radical (unpaired) electrons. The van der Waals surface area contributed by atoms with Crippen LogP contribution in [0.15, 0.2) is 18.2 Å². The van der Waals surface area contributed by atoms with E-state index in [9.17, 15) is 0 Å². The number of nitrogens with zero attached hydrogens (tertiary/aromatic N) is 1. The zero-order valence-electron chi connectivity index (χ0n) is 9.99. The normalized spacial score (nSPS) is 12.6. The predicted octanol–water partition coefficient (Wildman–Crippen LogP) is 2.91. The van der Waals surface area contributed by atoms with Crippen LogP contribution in [0, 0.1) is 6.92 Å². The molecule has 2 N–H and O–H groups in total. The van der Waals surface area contributed by atoms with Gasteiger partial charge in [0.15, 0.2) is 0 Å². The van der Waals surface area contributed by atoms with E-state index < -0.39 is 0 Å². The second-order valence-corrected chi connectivity index (χ2v) is 5.78. The zero-order valence-corrected chi connectivity index (χ0v) is 10.8. The van der Waals surface area contributed by atoms with Crippen LogP contribution in [0.25, 0.3) is 11.3 Å². The molecule has 2 nitrogen and oxygen atoms in total. The van der Waals surface area contributed by atoms with Crippen molar-refractivity contribution < 1.29 is 0 Å². The molecule has 0 fully saturated rings. The molecule has 1 heterocycles. The van der Waals surface area contributed by atoms with E-state index in [2.05, 4.69) is 25.1 Å². The Labute approximate surface area is 106 Å². The van der Waals surface area contributed by atoms with Gasteiger partial charge in [-0.25, -0.2) is 4.98 Å². The Morgan fingerprint density at radius 3 is 3.12 bits per heavy atom. The summed E-state index contributed by atoms with van der Waals surface area (Å²) in [6, 6.07) is 6.68. The van der Waals surface area contributed by atoms with E-state index >= 15 is 0 Å². The predicted molar refractivity (Wildman–Crippen MR) is 72.5 cm³/mol. The third kappa shape index (κ3) is 1.90. The summed E-state index contributed by atoms with van der Waals surface area (Å²) in [7, 11) is 0. The van der Waals surface area contributed by atoms with Crippen LogP contribution < -0.4 is 5.73 Å². The maximum atomic E-state index is 5.54. The molecule has 2 aromatic rings. The quantitative estimate of drug-likeness (QED) is 0.769. The summed E-state index contributed by atoms with van der Waals surface area (Å²) in [5.41, 5.74) is 10.8. The first kappa shape index (κ1) is 10.9. The number of aromatic nitrogens is 1. The Hall–Kier alpha value is -1.19. The first-order chi connectivity index (χ1) is 8.28. The lowest BCUT2D eigenvalue weighted by molar-refractivity contribution is 0.827. The lowest BCUT2D eigenvalue weighted by Crippen LogP contribution is -2.00. The Morgan fingerprint density at radius 2 is 2.29 bits per heavy atom. The fourth-order valence-corrected chi connectivity index (χ4v) is 3.48. The van der Waals surface area contributed by atoms with Gasteiger partial charge in [-0.3, -0.25) is 0 Å². The zero-order chi connectivity index (χ0) is 11.8. The van der Waals surface area contributed by atoms with Crippen molar-refractivity contribution in [1.82, 2.24) is 4.98 Å². The van der Waals surface area contributed by atoms with E-state index in [1.54, 1.807) is 0 Å². The largest absolute Gasteiger partial charge is 0.330 e. The van der Waals surface area contributed by atoms with E-state index in [1.807, 2.05) is 11.3 Å². The van der Waals surface area contributed by atoms with Crippen LogP contribution >= 0.6 is 11.3 Å². The van der Waals surface area contributed by atoms with E-state index in [1.165, 1.54) is 32.3 Å². The van der Waals surface area contributed by atoms with Gasteiger partial charge in [-0.1, -0.05) is 17.7 Å². The van der Waals surface area contributed by atoms with Crippen LogP contribution in [-0.2, 0) is 12.8 Å². The molecule has 3 rings (SSSR count). The van der Waals surface area contributed by atoms with E-state index in [0.717, 1.165) is 25.8 Å². The van der Waals surface area contributed by atoms with Gasteiger partial charge in [0.1, 0.15) is 0 Å². The molecular formula is C14H16N2S. The van der Waals surface area contributed by atoms with E-state index in [4.69, 9.17) is 10.7 Å². The lowest BCUT2D eigenvalue weighted by Gasteiger charge is -2.00. The molecule has 1 aliphatic carbocycles. The summed E-state index contributed by atoms with van der Waals surface area (Å²) in [6.45, 7) is 2.89. The third-order valence-electron chi connectivity index (χ3n) is 3.21. The molecule has 1 aromatic heterocycles. The molecule has 0 amide bonds. The summed E-state index contributed by atoms with van der Waals surface area (Å²) in [6.07, 6.45) is 3.12. The summed E-state index contributed by atoms with van der Waals surface area (Å²) < 4.78 is 0. The molecular weight excluding hydrogens is 228 g/mol. The number of nitrogens with two attached hydrogens (primary N) is 1. The monoisotopic (exact) mass is 244 g/mol. The molecule has 17 heavy (non-hydrogen) atoms. The highest BCUT2D eigenvalue weighted by Crippen LogP contribution is 2.39. The van der Waals surface area contributed by atoms with Crippen LogP contribution in [0.3, 0.4) is 0 Å². The molecule has 0 saturated carbocycles. The van der Waals surface area contributed by atoms with Gasteiger partial charge in [-0.2, -0.15) is 0 Å². The highest BCUT2D eigenvalue weighted by molar-refractivity contribution is 7.12. The van der Waals surface area contributed by atoms with Crippen LogP contribution in [0.2, 0.25) is 0 Å². The van der Waals surface area contributed by atoms with Gasteiger partial charge in [0.05, 0.1) is 10.7 Å². The van der Waals surface area contributed by atoms with Crippen molar-refractivity contribution in [2.45, 2.75) is 26.2 Å². The highest BCUT2D eigenvalue weighted by atomic mass is 32.1. The first-order valence-corrected chi connectivity index (χ1v) is 6.88. The minimum atomic E-state index is 0.750. The molecule has 0 saturated heterocycles. The van der Waals surface area contributed by atoms with Gasteiger partial charge < -0.3 is 5.73 Å². The third-order valence-corrected chi connectivity index (χ3v) is 4.32. The molecule has 1 aliphatic rings. The van der Waals surface area contributed by atoms with Gasteiger partial charge in [-0.05, 0) is 31.5 Å². The second kappa shape index (κ2) is 4.24. The smallest absolute Gasteiger partial charge is 0.0936 e. The molecule has 1 aromatic carbocycles. The number of thiazole rings is 1. The van der Waals surface area contributed by atoms with Crippen molar-refractivity contribution >= 4 is 11.3 Å². The minimum absolute atomic E-state index is 0.750. The van der Waals surface area contributed by atoms with Gasteiger partial charge >= 0.3 is 0 Å². The number of hydrogen-bond acceptors (Lipinski definition) is 3. The van der Waals surface area contributed by atoms with Gasteiger partial charge in [0.2, 0.25) is 0 Å². The van der Waals surface area contributed by atoms with Crippen molar-refractivity contribution in [3.8, 4) is 11.3 Å². The van der Waals surface area contributed by atoms with E-state index in [0.29, 0.717) is 0 Å². The highest BCUT2D eigenvalue weighted by Gasteiger charge is 2.22. The van der Waals surface area contributed by atoms with Crippen LogP contribution in [0.4, 0.5) is 0 Å². The summed E-state index contributed by atoms with van der Waals surface area (Å²) >= 11 is 1.86. The summed E-state index contributed by atoms with van der Waals surface area (Å²) in [5.74, 6) is 0. The Morgan fingerprint density at radius 1 is 1.41 bits per heavy atom. The number of hydrogen-bond donors (Lipinski definition) is 1.